The van der Waals surface area contributed by atoms with Crippen LogP contribution in [0.4, 0.5) is 158 Å². The molecule has 0 nitrogen and oxygen atoms in total. The van der Waals surface area contributed by atoms with Gasteiger partial charge in [-0.25, -0.2) is 0 Å². The van der Waals surface area contributed by atoms with Gasteiger partial charge in [0.15, 0.2) is 0 Å². The van der Waals surface area contributed by atoms with Gasteiger partial charge in [-0.05, 0) is 69.1 Å². The van der Waals surface area contributed by atoms with Crippen molar-refractivity contribution in [3.05, 3.63) is 119 Å². The summed E-state index contributed by atoms with van der Waals surface area (Å²) < 4.78 is 429. The molecule has 8 unspecified atom stereocenters. The predicted octanol–water partition coefficient (Wildman–Crippen LogP) is 36.8. The summed E-state index contributed by atoms with van der Waals surface area (Å²) in [5.74, 6) is -16.2. The summed E-state index contributed by atoms with van der Waals surface area (Å²) >= 11 is 0. The molecule has 0 bridgehead atoms. The van der Waals surface area contributed by atoms with Crippen molar-refractivity contribution < 1.29 is 314 Å². The Hall–Kier alpha value is 2.47. The maximum atomic E-state index is 12.6. The van der Waals surface area contributed by atoms with Gasteiger partial charge in [-0.2, -0.15) is 158 Å². The number of hydrogen-bond acceptors (Lipinski definition) is 0. The van der Waals surface area contributed by atoms with Crippen molar-refractivity contribution in [2.75, 3.05) is 0 Å². The van der Waals surface area contributed by atoms with Gasteiger partial charge in [0.1, 0.15) is 0 Å². The Morgan fingerprint density at radius 2 is 0.483 bits per heavy atom. The summed E-state index contributed by atoms with van der Waals surface area (Å²) in [5.41, 5.74) is 0. The van der Waals surface area contributed by atoms with E-state index in [1.54, 1.807) is 41.5 Å². The summed E-state index contributed by atoms with van der Waals surface area (Å²) in [6.45, 7) is 21.4. The number of alkyl halides is 36. The molecular weight excluding hydrogens is 2380 g/mol. The summed E-state index contributed by atoms with van der Waals surface area (Å²) in [4.78, 5) is 0. The van der Waals surface area contributed by atoms with Crippen molar-refractivity contribution in [2.24, 2.45) is 59.2 Å². The minimum Gasteiger partial charge on any atom is -0.358 e. The second-order valence-corrected chi connectivity index (χ2v) is 22.9. The first kappa shape index (κ1) is 220. The molecule has 0 fully saturated rings. The zero-order valence-corrected chi connectivity index (χ0v) is 87.7. The van der Waals surface area contributed by atoms with E-state index in [2.05, 4.69) is 0 Å². The molecular formula is C74H144F36Ru8. The second-order valence-electron chi connectivity index (χ2n) is 22.9. The molecule has 0 spiro atoms. The quantitative estimate of drug-likeness (QED) is 0.0391. The third kappa shape index (κ3) is 156. The van der Waals surface area contributed by atoms with Crippen LogP contribution < -0.4 is 0 Å². The van der Waals surface area contributed by atoms with Crippen LogP contribution in [0, 0.1) is 178 Å². The van der Waals surface area contributed by atoms with Crippen molar-refractivity contribution in [1.29, 1.82) is 0 Å². The van der Waals surface area contributed by atoms with Crippen LogP contribution in [0.2, 0.25) is 0 Å². The van der Waals surface area contributed by atoms with Gasteiger partial charge in [0.2, 0.25) is 0 Å². The van der Waals surface area contributed by atoms with Crippen LogP contribution in [0.3, 0.4) is 0 Å². The fraction of sp³-hybridized carbons (Fsp3) is 0.784. The molecule has 0 aromatic rings. The predicted molar refractivity (Wildman–Crippen MR) is 391 cm³/mol. The number of rotatable bonds is 24. The van der Waals surface area contributed by atoms with Gasteiger partial charge in [0.25, 0.3) is 0 Å². The topological polar surface area (TPSA) is 0 Å². The fourth-order valence-corrected chi connectivity index (χ4v) is 7.69. The summed E-state index contributed by atoms with van der Waals surface area (Å²) in [6.07, 6.45) is -56.9. The van der Waals surface area contributed by atoms with Crippen LogP contribution in [0.25, 0.3) is 0 Å². The van der Waals surface area contributed by atoms with E-state index in [0.717, 1.165) is 26.2 Å². The minimum atomic E-state index is -5.56. The first-order chi connectivity index (χ1) is 41.4. The maximum Gasteiger partial charge on any atom is 2.00 e. The molecule has 0 aliphatic carbocycles. The molecule has 0 heterocycles. The van der Waals surface area contributed by atoms with E-state index in [4.69, 9.17) is 0 Å². The zero-order valence-electron chi connectivity index (χ0n) is 73.8. The molecule has 0 amide bonds. The smallest absolute Gasteiger partial charge is 0.358 e. The Morgan fingerprint density at radius 3 is 0.644 bits per heavy atom. The van der Waals surface area contributed by atoms with E-state index < -0.39 is 166 Å². The van der Waals surface area contributed by atoms with Gasteiger partial charge in [0.05, 0.1) is 60.7 Å². The van der Waals surface area contributed by atoms with Crippen LogP contribution >= 0.6 is 0 Å². The SMILES string of the molecule is CC(C)CC(C)C(F)(F)F.CCC(C)C(C(CC(F)(F)F)C(F)(F)F)C(F)(F)F.CCC(C)CC(CC(F)(F)F)C(F)(F)F.CCC(CC)C(F)(F)F.CCCC(C)C(F)(F)F.CCCC(CC(F)(F)F)C(F)(F)F.CCCCCC(F)(F)F.CCCCCCC(F)(F)F.[CH3-].[CH3-].[CH3-].[CH3-].[CH3-].[CH3-].[CH3-].[CH3-].[CH3-].[CH3-].[CH3-].[CH3-].[CH3-].[CH3-].[CH3-].[CH3-].[Ru+2].[Ru+2].[Ru+2].[Ru+2].[Ru+2].[Ru+2].[Ru+2].[Ru+2]. The third-order valence-corrected chi connectivity index (χ3v) is 13.3. The molecule has 8 atom stereocenters. The molecule has 0 radical (unpaired) electrons. The van der Waals surface area contributed by atoms with Gasteiger partial charge in [-0.15, -0.1) is 0 Å². The zero-order chi connectivity index (χ0) is 77.3. The van der Waals surface area contributed by atoms with E-state index in [1.165, 1.54) is 34.6 Å². The molecule has 0 N–H and O–H groups in total. The monoisotopic (exact) mass is 2530 g/mol. The van der Waals surface area contributed by atoms with Crippen LogP contribution in [0.5, 0.6) is 0 Å². The first-order valence-electron chi connectivity index (χ1n) is 30.2. The van der Waals surface area contributed by atoms with Crippen molar-refractivity contribution in [2.45, 2.75) is 312 Å². The molecule has 44 heteroatoms. The molecule has 0 saturated carbocycles. The number of unbranched alkanes of at least 4 members (excludes halogenated alkanes) is 5. The van der Waals surface area contributed by atoms with Crippen molar-refractivity contribution >= 4 is 0 Å². The van der Waals surface area contributed by atoms with Crippen molar-refractivity contribution in [3.63, 3.8) is 0 Å². The van der Waals surface area contributed by atoms with E-state index in [1.807, 2.05) is 13.8 Å². The molecule has 118 heavy (non-hydrogen) atoms. The van der Waals surface area contributed by atoms with Gasteiger partial charge in [-0.1, -0.05) is 155 Å². The van der Waals surface area contributed by atoms with Gasteiger partial charge < -0.3 is 119 Å². The maximum absolute atomic E-state index is 12.6. The van der Waals surface area contributed by atoms with Gasteiger partial charge in [0, 0.05) is 12.8 Å². The van der Waals surface area contributed by atoms with Gasteiger partial charge in [-0.3, -0.25) is 0 Å². The average Bonchev–Trinajstić information content (AvgIpc) is 0.792. The minimum absolute atomic E-state index is 0. The Labute approximate surface area is 798 Å². The number of halogens is 36. The standard InChI is InChI=1S/C10H13F9.C9H14F6.C7H10F6.2C7H13F3.3C6H11F3.16CH3.8Ru/c1-3-5(2)7(10(17,18)19)6(9(14,15)16)4-8(11,12)13;1-3-6(2)4-7(9(13,14)15)5-8(10,11)12;1-2-3-5(7(11,12)13)4-6(8,9)10;1-5(2)4-6(3)7(8,9)10;1-2-3-4-5-6-7(8,9)10;1-3-4-5(2)6(7,8)9;1-3-5(4-2)6(7,8)9;1-2-3-4-5-6(7,8)9;;;;;;;;;;;;;;;;;;;;;;;;/h5-7H,3-4H2,1-2H3;6-7H,3-5H2,1-2H3;5H,2-4H2,1H3;5-6H,4H2,1-3H3;2-6H2,1H3;2*5H,3-4H2,1-2H3;2-5H2,1H3;16*1H3;;;;;;;;/q;;;;;;;;16*-1;8*+2. The Balaban J connectivity index is -0.0000000235. The van der Waals surface area contributed by atoms with Crippen LogP contribution in [0.15, 0.2) is 0 Å². The van der Waals surface area contributed by atoms with Gasteiger partial charge >= 0.3 is 230 Å². The molecule has 0 aromatic carbocycles. The molecule has 0 aromatic heterocycles. The molecule has 0 saturated heterocycles. The first-order valence-corrected chi connectivity index (χ1v) is 30.2. The van der Waals surface area contributed by atoms with Crippen LogP contribution in [-0.2, 0) is 156 Å². The number of hydrogen-bond donors (Lipinski definition) is 0. The van der Waals surface area contributed by atoms with E-state index in [0.29, 0.717) is 25.7 Å². The normalized spacial score (nSPS) is 12.5. The molecule has 0 rings (SSSR count). The van der Waals surface area contributed by atoms with Crippen molar-refractivity contribution in [3.8, 4) is 0 Å². The van der Waals surface area contributed by atoms with Crippen LogP contribution in [-0.4, -0.2) is 74.1 Å². The average molecular weight is 2530 g/mol. The summed E-state index contributed by atoms with van der Waals surface area (Å²) in [6, 6.07) is 0. The van der Waals surface area contributed by atoms with Crippen molar-refractivity contribution in [1.82, 2.24) is 0 Å². The second kappa shape index (κ2) is 105. The van der Waals surface area contributed by atoms with E-state index in [-0.39, 0.29) is 338 Å². The van der Waals surface area contributed by atoms with Crippen LogP contribution in [0.1, 0.15) is 238 Å². The Morgan fingerprint density at radius 1 is 0.220 bits per heavy atom. The third-order valence-electron chi connectivity index (χ3n) is 13.3. The fourth-order valence-electron chi connectivity index (χ4n) is 7.69. The largest absolute Gasteiger partial charge is 2.00 e. The Kier molecular flexibility index (Phi) is 195. The summed E-state index contributed by atoms with van der Waals surface area (Å²) in [5, 5.41) is 0. The van der Waals surface area contributed by atoms with E-state index in [9.17, 15) is 158 Å². The summed E-state index contributed by atoms with van der Waals surface area (Å²) in [7, 11) is 0. The Bertz CT molecular complexity index is 1750. The molecule has 756 valence electrons. The van der Waals surface area contributed by atoms with E-state index >= 15 is 0 Å². The molecule has 0 aliphatic rings. The molecule has 0 aliphatic heterocycles.